The fourth-order valence-electron chi connectivity index (χ4n) is 5.85. The zero-order valence-electron chi connectivity index (χ0n) is 22.3. The first-order chi connectivity index (χ1) is 18.6. The van der Waals surface area contributed by atoms with E-state index in [4.69, 9.17) is 21.3 Å². The first-order valence-electron chi connectivity index (χ1n) is 13.6. The lowest BCUT2D eigenvalue weighted by molar-refractivity contribution is -0.128. The maximum Gasteiger partial charge on any atom is 0.318 e. The first-order valence-corrected chi connectivity index (χ1v) is 13.6. The van der Waals surface area contributed by atoms with E-state index in [0.29, 0.717) is 44.8 Å². The van der Waals surface area contributed by atoms with E-state index in [1.54, 1.807) is 4.90 Å². The van der Waals surface area contributed by atoms with Crippen molar-refractivity contribution in [1.29, 1.82) is 0 Å². The fourth-order valence-corrected chi connectivity index (χ4v) is 5.85. The molecule has 9 nitrogen and oxygen atoms in total. The number of fused-ring (bicyclic) bond motifs is 1. The molecule has 200 valence electrons. The Labute approximate surface area is 225 Å². The minimum atomic E-state index is -0.208. The summed E-state index contributed by atoms with van der Waals surface area (Å²) in [6.45, 7) is 16.4. The lowest BCUT2D eigenvalue weighted by Crippen LogP contribution is -2.56. The van der Waals surface area contributed by atoms with Crippen LogP contribution in [0.1, 0.15) is 30.5 Å². The van der Waals surface area contributed by atoms with Crippen LogP contribution in [0.4, 0.5) is 11.5 Å². The van der Waals surface area contributed by atoms with E-state index < -0.39 is 0 Å². The number of hydrogen-bond donors (Lipinski definition) is 0. The Bertz CT molecular complexity index is 1180. The number of para-hydroxylation sites is 1. The number of nitrogens with zero attached hydrogens (tertiary/aromatic N) is 7. The molecule has 0 unspecified atom stereocenters. The molecular formula is C29H37N7O2. The van der Waals surface area contributed by atoms with Gasteiger partial charge in [0, 0.05) is 43.5 Å². The highest BCUT2D eigenvalue weighted by Gasteiger charge is 2.34. The Morgan fingerprint density at radius 1 is 1.13 bits per heavy atom. The van der Waals surface area contributed by atoms with Crippen LogP contribution in [0, 0.1) is 6.57 Å². The number of ether oxygens (including phenoxy) is 1. The van der Waals surface area contributed by atoms with Crippen LogP contribution in [0.2, 0.25) is 0 Å². The zero-order valence-corrected chi connectivity index (χ0v) is 22.3. The van der Waals surface area contributed by atoms with Gasteiger partial charge in [-0.1, -0.05) is 24.8 Å². The van der Waals surface area contributed by atoms with E-state index in [2.05, 4.69) is 57.4 Å². The van der Waals surface area contributed by atoms with Gasteiger partial charge in [0.15, 0.2) is 0 Å². The summed E-state index contributed by atoms with van der Waals surface area (Å²) in [6, 6.07) is 11.1. The van der Waals surface area contributed by atoms with Crippen LogP contribution in [-0.2, 0) is 17.8 Å². The van der Waals surface area contributed by atoms with Gasteiger partial charge in [-0.15, -0.1) is 0 Å². The van der Waals surface area contributed by atoms with Crippen LogP contribution < -0.4 is 14.5 Å². The van der Waals surface area contributed by atoms with Crippen molar-refractivity contribution in [3.8, 4) is 6.01 Å². The quantitative estimate of drug-likeness (QED) is 0.415. The minimum Gasteiger partial charge on any atom is -0.462 e. The van der Waals surface area contributed by atoms with Gasteiger partial charge in [-0.2, -0.15) is 9.97 Å². The van der Waals surface area contributed by atoms with E-state index in [9.17, 15) is 4.79 Å². The molecule has 0 aliphatic carbocycles. The molecule has 0 radical (unpaired) electrons. The molecule has 5 rings (SSSR count). The number of anilines is 2. The summed E-state index contributed by atoms with van der Waals surface area (Å²) < 4.78 is 6.26. The molecule has 4 heterocycles. The van der Waals surface area contributed by atoms with Crippen LogP contribution in [0.5, 0.6) is 6.01 Å². The predicted molar refractivity (Wildman–Crippen MR) is 148 cm³/mol. The Morgan fingerprint density at radius 2 is 1.97 bits per heavy atom. The van der Waals surface area contributed by atoms with Crippen molar-refractivity contribution >= 4 is 17.4 Å². The fraction of sp³-hybridized carbons (Fsp3) is 0.517. The molecule has 2 atom stereocenters. The monoisotopic (exact) mass is 515 g/mol. The van der Waals surface area contributed by atoms with Gasteiger partial charge >= 0.3 is 6.01 Å². The molecule has 1 amide bonds. The van der Waals surface area contributed by atoms with Crippen LogP contribution in [0.15, 0.2) is 43.0 Å². The topological polar surface area (TPSA) is 69.4 Å². The van der Waals surface area contributed by atoms with E-state index in [1.807, 2.05) is 6.07 Å². The summed E-state index contributed by atoms with van der Waals surface area (Å²) in [4.78, 5) is 34.7. The Balaban J connectivity index is 1.46. The molecule has 38 heavy (non-hydrogen) atoms. The van der Waals surface area contributed by atoms with Gasteiger partial charge in [0.05, 0.1) is 12.2 Å². The lowest BCUT2D eigenvalue weighted by Gasteiger charge is -2.40. The average molecular weight is 516 g/mol. The third kappa shape index (κ3) is 5.60. The molecule has 9 heteroatoms. The Morgan fingerprint density at radius 3 is 2.71 bits per heavy atom. The molecule has 0 N–H and O–H groups in total. The van der Waals surface area contributed by atoms with Crippen molar-refractivity contribution in [1.82, 2.24) is 19.8 Å². The Hall–Kier alpha value is -3.64. The van der Waals surface area contributed by atoms with E-state index in [0.717, 1.165) is 49.4 Å². The molecule has 3 aliphatic heterocycles. The number of amides is 1. The van der Waals surface area contributed by atoms with E-state index >= 15 is 0 Å². The standard InChI is InChI=1S/C29H37N7O2/c1-4-27(37)36-17-16-35(19-24(36)18-30-2)28-25-13-9-15-34(22-10-6-5-7-11-22)20-26(25)31-29(32-28)38-21-23-12-8-14-33(23)3/h4-7,10-11,23-24H,1,8-9,12-21H2,3H3/t23-,24-/m0/s1. The SMILES string of the molecule is [C-]#[N+]C[C@H]1CN(c2nc(OC[C@@H]3CCCN3C)nc3c2CCCN(c2ccccc2)C3)CCN1C(=O)C=C. The van der Waals surface area contributed by atoms with Crippen molar-refractivity contribution in [2.75, 3.05) is 62.7 Å². The zero-order chi connectivity index (χ0) is 26.5. The first kappa shape index (κ1) is 26.0. The summed E-state index contributed by atoms with van der Waals surface area (Å²) in [6.07, 6.45) is 5.51. The van der Waals surface area contributed by atoms with Gasteiger partial charge in [0.1, 0.15) is 18.5 Å². The summed E-state index contributed by atoms with van der Waals surface area (Å²) in [5.74, 6) is 0.767. The second-order valence-electron chi connectivity index (χ2n) is 10.4. The van der Waals surface area contributed by atoms with Gasteiger partial charge in [0.25, 0.3) is 0 Å². The molecule has 2 aromatic rings. The van der Waals surface area contributed by atoms with Crippen molar-refractivity contribution in [3.05, 3.63) is 65.7 Å². The second-order valence-corrected chi connectivity index (χ2v) is 10.4. The molecule has 0 saturated carbocycles. The normalized spacial score (nSPS) is 21.9. The smallest absolute Gasteiger partial charge is 0.318 e. The number of carbonyl (C=O) groups is 1. The van der Waals surface area contributed by atoms with E-state index in [1.165, 1.54) is 18.2 Å². The summed E-state index contributed by atoms with van der Waals surface area (Å²) in [7, 11) is 2.14. The third-order valence-corrected chi connectivity index (χ3v) is 7.99. The summed E-state index contributed by atoms with van der Waals surface area (Å²) >= 11 is 0. The maximum atomic E-state index is 12.5. The molecule has 2 fully saturated rings. The average Bonchev–Trinajstić information content (AvgIpc) is 3.23. The number of aromatic nitrogens is 2. The number of likely N-dealkylation sites (N-methyl/N-ethyl adjacent to an activating group) is 1. The largest absolute Gasteiger partial charge is 0.462 e. The van der Waals surface area contributed by atoms with Gasteiger partial charge in [-0.3, -0.25) is 4.79 Å². The van der Waals surface area contributed by atoms with E-state index in [-0.39, 0.29) is 18.5 Å². The van der Waals surface area contributed by atoms with Crippen molar-refractivity contribution in [2.45, 2.75) is 44.3 Å². The van der Waals surface area contributed by atoms with Crippen molar-refractivity contribution < 1.29 is 9.53 Å². The number of likely N-dealkylation sites (tertiary alicyclic amines) is 1. The summed E-state index contributed by atoms with van der Waals surface area (Å²) in [5, 5.41) is 0. The molecule has 0 bridgehead atoms. The van der Waals surface area contributed by atoms with Crippen LogP contribution in [0.25, 0.3) is 4.85 Å². The third-order valence-electron chi connectivity index (χ3n) is 7.99. The van der Waals surface area contributed by atoms with Crippen molar-refractivity contribution in [3.63, 3.8) is 0 Å². The van der Waals surface area contributed by atoms with Gasteiger partial charge in [-0.05, 0) is 57.5 Å². The van der Waals surface area contributed by atoms with Gasteiger partial charge in [0.2, 0.25) is 12.5 Å². The molecule has 3 aliphatic rings. The minimum absolute atomic E-state index is 0.122. The van der Waals surface area contributed by atoms with Crippen LogP contribution in [0.3, 0.4) is 0 Å². The molecule has 1 aromatic carbocycles. The highest BCUT2D eigenvalue weighted by molar-refractivity contribution is 5.87. The number of carbonyl (C=O) groups excluding carboxylic acids is 1. The maximum absolute atomic E-state index is 12.5. The van der Waals surface area contributed by atoms with Gasteiger partial charge in [-0.25, -0.2) is 6.57 Å². The highest BCUT2D eigenvalue weighted by Crippen LogP contribution is 2.32. The summed E-state index contributed by atoms with van der Waals surface area (Å²) in [5.41, 5.74) is 3.33. The lowest BCUT2D eigenvalue weighted by atomic mass is 10.1. The number of rotatable bonds is 7. The number of benzene rings is 1. The predicted octanol–water partition coefficient (Wildman–Crippen LogP) is 3.02. The molecule has 0 spiro atoms. The Kier molecular flexibility index (Phi) is 8.08. The highest BCUT2D eigenvalue weighted by atomic mass is 16.5. The molecular weight excluding hydrogens is 478 g/mol. The molecule has 2 saturated heterocycles. The second kappa shape index (κ2) is 11.8. The number of hydrogen-bond acceptors (Lipinski definition) is 7. The number of piperazine rings is 1. The van der Waals surface area contributed by atoms with Gasteiger partial charge < -0.3 is 29.2 Å². The molecule has 1 aromatic heterocycles. The van der Waals surface area contributed by atoms with Crippen molar-refractivity contribution in [2.24, 2.45) is 0 Å². The van der Waals surface area contributed by atoms with Crippen LogP contribution >= 0.6 is 0 Å². The van der Waals surface area contributed by atoms with Crippen LogP contribution in [-0.4, -0.2) is 90.7 Å².